The molecule has 1 aliphatic rings. The molecule has 0 saturated carbocycles. The van der Waals surface area contributed by atoms with Gasteiger partial charge in [-0.15, -0.1) is 0 Å². The number of nitrogens with one attached hydrogen (secondary N) is 2. The molecule has 4 nitrogen and oxygen atoms in total. The highest BCUT2D eigenvalue weighted by Gasteiger charge is 2.22. The smallest absolute Gasteiger partial charge is 0.248 e. The van der Waals surface area contributed by atoms with Crippen molar-refractivity contribution in [2.45, 2.75) is 59.5 Å². The molecule has 2 rings (SSSR count). The maximum atomic E-state index is 12.7. The number of carbonyl (C=O) groups is 2. The Morgan fingerprint density at radius 2 is 1.79 bits per heavy atom. The van der Waals surface area contributed by atoms with E-state index in [9.17, 15) is 9.59 Å². The van der Waals surface area contributed by atoms with Gasteiger partial charge in [0.2, 0.25) is 5.91 Å². The van der Waals surface area contributed by atoms with Crippen LogP contribution in [0.25, 0.3) is 0 Å². The van der Waals surface area contributed by atoms with E-state index in [0.717, 1.165) is 24.9 Å². The van der Waals surface area contributed by atoms with Gasteiger partial charge in [-0.1, -0.05) is 47.6 Å². The number of rotatable bonds is 9. The molecule has 0 spiro atoms. The number of benzene rings is 1. The lowest BCUT2D eigenvalue weighted by atomic mass is 9.87. The first-order valence-electron chi connectivity index (χ1n) is 9.95. The van der Waals surface area contributed by atoms with Crippen molar-refractivity contribution in [3.63, 3.8) is 0 Å². The SMILES string of the molecule is CNCc1cccc(CNC(=O)C2=C(C(C)=O)CC(CCC=C(C)C)=CC2)c1. The van der Waals surface area contributed by atoms with Crippen molar-refractivity contribution in [3.8, 4) is 0 Å². The zero-order chi connectivity index (χ0) is 20.5. The molecular formula is C24H32N2O2. The van der Waals surface area contributed by atoms with Crippen LogP contribution in [0.4, 0.5) is 0 Å². The summed E-state index contributed by atoms with van der Waals surface area (Å²) < 4.78 is 0. The van der Waals surface area contributed by atoms with Gasteiger partial charge in [-0.3, -0.25) is 9.59 Å². The Labute approximate surface area is 168 Å². The third-order valence-electron chi connectivity index (χ3n) is 4.91. The molecule has 0 saturated heterocycles. The molecule has 28 heavy (non-hydrogen) atoms. The maximum absolute atomic E-state index is 12.7. The molecule has 0 aromatic heterocycles. The van der Waals surface area contributed by atoms with E-state index < -0.39 is 0 Å². The summed E-state index contributed by atoms with van der Waals surface area (Å²) in [6, 6.07) is 8.14. The highest BCUT2D eigenvalue weighted by Crippen LogP contribution is 2.28. The van der Waals surface area contributed by atoms with Crippen LogP contribution < -0.4 is 10.6 Å². The van der Waals surface area contributed by atoms with Gasteiger partial charge in [0.25, 0.3) is 0 Å². The molecule has 0 atom stereocenters. The van der Waals surface area contributed by atoms with E-state index in [2.05, 4.69) is 48.8 Å². The fourth-order valence-corrected chi connectivity index (χ4v) is 3.42. The molecule has 150 valence electrons. The van der Waals surface area contributed by atoms with Crippen LogP contribution in [0.2, 0.25) is 0 Å². The number of amides is 1. The van der Waals surface area contributed by atoms with Gasteiger partial charge in [0.05, 0.1) is 0 Å². The van der Waals surface area contributed by atoms with Crippen molar-refractivity contribution in [1.82, 2.24) is 10.6 Å². The van der Waals surface area contributed by atoms with Crippen LogP contribution in [0, 0.1) is 0 Å². The van der Waals surface area contributed by atoms with Crippen LogP contribution in [-0.2, 0) is 22.7 Å². The van der Waals surface area contributed by atoms with Gasteiger partial charge < -0.3 is 10.6 Å². The average molecular weight is 381 g/mol. The Morgan fingerprint density at radius 3 is 2.43 bits per heavy atom. The largest absolute Gasteiger partial charge is 0.348 e. The minimum Gasteiger partial charge on any atom is -0.348 e. The Kier molecular flexibility index (Phi) is 8.40. The van der Waals surface area contributed by atoms with Crippen LogP contribution in [0.1, 0.15) is 57.6 Å². The lowest BCUT2D eigenvalue weighted by Gasteiger charge is -2.19. The quantitative estimate of drug-likeness (QED) is 0.625. The van der Waals surface area contributed by atoms with Gasteiger partial charge in [-0.05, 0) is 64.6 Å². The number of allylic oxidation sites excluding steroid dienone is 5. The van der Waals surface area contributed by atoms with E-state index in [-0.39, 0.29) is 11.7 Å². The first-order valence-corrected chi connectivity index (χ1v) is 9.95. The third-order valence-corrected chi connectivity index (χ3v) is 4.91. The van der Waals surface area contributed by atoms with E-state index in [1.165, 1.54) is 16.7 Å². The van der Waals surface area contributed by atoms with Crippen LogP contribution in [0.3, 0.4) is 0 Å². The van der Waals surface area contributed by atoms with E-state index >= 15 is 0 Å². The standard InChI is InChI=1S/C24H32N2O2/c1-17(2)7-5-8-19-11-12-22(23(14-19)18(3)27)24(28)26-16-21-10-6-9-20(13-21)15-25-4/h6-7,9-11,13,25H,5,8,12,14-16H2,1-4H3,(H,26,28). The van der Waals surface area contributed by atoms with E-state index in [4.69, 9.17) is 0 Å². The van der Waals surface area contributed by atoms with Crippen LogP contribution in [-0.4, -0.2) is 18.7 Å². The van der Waals surface area contributed by atoms with Crippen molar-refractivity contribution in [1.29, 1.82) is 0 Å². The van der Waals surface area contributed by atoms with E-state index in [1.54, 1.807) is 6.92 Å². The monoisotopic (exact) mass is 380 g/mol. The first kappa shape index (κ1) is 21.8. The van der Waals surface area contributed by atoms with Crippen molar-refractivity contribution in [3.05, 3.63) is 69.8 Å². The van der Waals surface area contributed by atoms with Gasteiger partial charge in [0.15, 0.2) is 5.78 Å². The second-order valence-corrected chi connectivity index (χ2v) is 7.61. The molecule has 0 radical (unpaired) electrons. The maximum Gasteiger partial charge on any atom is 0.248 e. The average Bonchev–Trinajstić information content (AvgIpc) is 2.66. The van der Waals surface area contributed by atoms with Gasteiger partial charge in [-0.2, -0.15) is 0 Å². The predicted octanol–water partition coefficient (Wildman–Crippen LogP) is 4.37. The molecule has 1 aliphatic carbocycles. The zero-order valence-corrected chi connectivity index (χ0v) is 17.5. The number of carbonyl (C=O) groups excluding carboxylic acids is 2. The molecule has 0 unspecified atom stereocenters. The Hall–Kier alpha value is -2.46. The number of ketones is 1. The summed E-state index contributed by atoms with van der Waals surface area (Å²) >= 11 is 0. The minimum absolute atomic E-state index is 0.00557. The Balaban J connectivity index is 2.01. The highest BCUT2D eigenvalue weighted by atomic mass is 16.2. The van der Waals surface area contributed by atoms with E-state index in [0.29, 0.717) is 30.5 Å². The van der Waals surface area contributed by atoms with Gasteiger partial charge >= 0.3 is 0 Å². The van der Waals surface area contributed by atoms with Crippen molar-refractivity contribution >= 4 is 11.7 Å². The first-order chi connectivity index (χ1) is 13.4. The molecule has 0 aliphatic heterocycles. The normalized spacial score (nSPS) is 13.8. The summed E-state index contributed by atoms with van der Waals surface area (Å²) in [4.78, 5) is 24.9. The molecular weight excluding hydrogens is 348 g/mol. The molecule has 0 fully saturated rings. The Bertz CT molecular complexity index is 812. The number of Topliss-reactive ketones (excluding diaryl/α,β-unsaturated/α-hetero) is 1. The number of hydrogen-bond donors (Lipinski definition) is 2. The number of hydrogen-bond acceptors (Lipinski definition) is 3. The molecule has 1 aromatic carbocycles. The van der Waals surface area contributed by atoms with Gasteiger partial charge in [0.1, 0.15) is 0 Å². The summed E-state index contributed by atoms with van der Waals surface area (Å²) in [7, 11) is 1.91. The summed E-state index contributed by atoms with van der Waals surface area (Å²) in [6.07, 6.45) is 7.37. The fourth-order valence-electron chi connectivity index (χ4n) is 3.42. The van der Waals surface area contributed by atoms with Gasteiger partial charge in [-0.25, -0.2) is 0 Å². The zero-order valence-electron chi connectivity index (χ0n) is 17.5. The fraction of sp³-hybridized carbons (Fsp3) is 0.417. The van der Waals surface area contributed by atoms with Crippen LogP contribution in [0.15, 0.2) is 58.7 Å². The molecule has 2 N–H and O–H groups in total. The second-order valence-electron chi connectivity index (χ2n) is 7.61. The summed E-state index contributed by atoms with van der Waals surface area (Å²) in [5, 5.41) is 6.12. The highest BCUT2D eigenvalue weighted by molar-refractivity contribution is 6.05. The van der Waals surface area contributed by atoms with E-state index in [1.807, 2.05) is 19.2 Å². The summed E-state index contributed by atoms with van der Waals surface area (Å²) in [5.41, 5.74) is 6.07. The second kappa shape index (κ2) is 10.8. The summed E-state index contributed by atoms with van der Waals surface area (Å²) in [6.45, 7) is 6.99. The molecule has 1 amide bonds. The van der Waals surface area contributed by atoms with Crippen molar-refractivity contribution < 1.29 is 9.59 Å². The lowest BCUT2D eigenvalue weighted by Crippen LogP contribution is -2.27. The summed E-state index contributed by atoms with van der Waals surface area (Å²) in [5.74, 6) is -0.141. The minimum atomic E-state index is -0.135. The van der Waals surface area contributed by atoms with Crippen LogP contribution >= 0.6 is 0 Å². The Morgan fingerprint density at radius 1 is 1.07 bits per heavy atom. The van der Waals surface area contributed by atoms with Gasteiger partial charge in [0, 0.05) is 24.2 Å². The lowest BCUT2D eigenvalue weighted by molar-refractivity contribution is -0.119. The molecule has 4 heteroatoms. The topological polar surface area (TPSA) is 58.2 Å². The van der Waals surface area contributed by atoms with Crippen LogP contribution in [0.5, 0.6) is 0 Å². The molecule has 1 aromatic rings. The predicted molar refractivity (Wildman–Crippen MR) is 115 cm³/mol. The third kappa shape index (κ3) is 6.61. The van der Waals surface area contributed by atoms with Crippen molar-refractivity contribution in [2.75, 3.05) is 7.05 Å². The van der Waals surface area contributed by atoms with Crippen molar-refractivity contribution in [2.24, 2.45) is 0 Å². The molecule has 0 heterocycles. The molecule has 0 bridgehead atoms.